The van der Waals surface area contributed by atoms with E-state index in [1.54, 1.807) is 24.3 Å². The highest BCUT2D eigenvalue weighted by atomic mass is 19.4. The van der Waals surface area contributed by atoms with Crippen LogP contribution in [0.3, 0.4) is 0 Å². The number of nitrogens with one attached hydrogen (secondary N) is 3. The molecule has 140 valence electrons. The number of ether oxygens (including phenoxy) is 1. The Kier molecular flexibility index (Phi) is 4.97. The van der Waals surface area contributed by atoms with Crippen molar-refractivity contribution in [1.29, 1.82) is 0 Å². The van der Waals surface area contributed by atoms with Gasteiger partial charge in [-0.3, -0.25) is 14.7 Å². The van der Waals surface area contributed by atoms with Gasteiger partial charge < -0.3 is 15.4 Å². The largest absolute Gasteiger partial charge is 0.573 e. The third-order valence-electron chi connectivity index (χ3n) is 3.47. The average Bonchev–Trinajstić information content (AvgIpc) is 3.04. The van der Waals surface area contributed by atoms with E-state index in [0.29, 0.717) is 10.9 Å². The van der Waals surface area contributed by atoms with E-state index in [-0.39, 0.29) is 17.9 Å². The van der Waals surface area contributed by atoms with Crippen molar-refractivity contribution in [3.63, 3.8) is 0 Å². The number of fused-ring (bicyclic) bond motifs is 1. The predicted molar refractivity (Wildman–Crippen MR) is 90.2 cm³/mol. The Hall–Kier alpha value is -3.56. The highest BCUT2D eigenvalue weighted by Gasteiger charge is 2.30. The normalized spacial score (nSPS) is 11.2. The van der Waals surface area contributed by atoms with Crippen LogP contribution >= 0.6 is 0 Å². The number of carbonyl (C=O) groups is 2. The topological polar surface area (TPSA) is 96.1 Å². The van der Waals surface area contributed by atoms with E-state index in [1.807, 2.05) is 0 Å². The molecule has 0 spiro atoms. The molecule has 0 radical (unpaired) electrons. The predicted octanol–water partition coefficient (Wildman–Crippen LogP) is 2.83. The second-order valence-corrected chi connectivity index (χ2v) is 5.42. The number of aromatic nitrogens is 2. The first-order chi connectivity index (χ1) is 12.8. The van der Waals surface area contributed by atoms with Crippen LogP contribution in [0.15, 0.2) is 48.5 Å². The van der Waals surface area contributed by atoms with Crippen molar-refractivity contribution in [3.05, 3.63) is 54.2 Å². The number of aromatic amines is 1. The molecule has 0 bridgehead atoms. The molecule has 10 heteroatoms. The van der Waals surface area contributed by atoms with E-state index in [1.165, 1.54) is 12.1 Å². The molecule has 7 nitrogen and oxygen atoms in total. The average molecular weight is 378 g/mol. The van der Waals surface area contributed by atoms with Crippen molar-refractivity contribution >= 4 is 28.4 Å². The fourth-order valence-corrected chi connectivity index (χ4v) is 2.33. The number of benzene rings is 2. The molecule has 0 unspecified atom stereocenters. The number of carbonyl (C=O) groups excluding carboxylic acids is 2. The zero-order chi connectivity index (χ0) is 19.4. The molecule has 0 saturated carbocycles. The van der Waals surface area contributed by atoms with Crippen molar-refractivity contribution in [2.24, 2.45) is 0 Å². The number of hydrogen-bond acceptors (Lipinski definition) is 4. The smallest absolute Gasteiger partial charge is 0.406 e. The molecule has 1 heterocycles. The summed E-state index contributed by atoms with van der Waals surface area (Å²) in [7, 11) is 0. The van der Waals surface area contributed by atoms with Gasteiger partial charge in [0, 0.05) is 11.1 Å². The highest BCUT2D eigenvalue weighted by Crippen LogP contribution is 2.23. The molecule has 2 aromatic carbocycles. The standard InChI is InChI=1S/C17H13F3N4O3/c18-17(19,20)27-11-7-5-10(6-8-11)22-14(25)9-21-16(26)15-12-3-1-2-4-13(12)23-24-15/h1-8H,9H2,(H,21,26)(H,22,25)(H,23,24). The summed E-state index contributed by atoms with van der Waals surface area (Å²) in [5.74, 6) is -1.48. The molecule has 1 aromatic heterocycles. The number of alkyl halides is 3. The van der Waals surface area contributed by atoms with Crippen LogP contribution in [-0.4, -0.2) is 34.9 Å². The number of anilines is 1. The van der Waals surface area contributed by atoms with Gasteiger partial charge in [-0.2, -0.15) is 5.10 Å². The van der Waals surface area contributed by atoms with Crippen LogP contribution in [0.1, 0.15) is 10.5 Å². The fourth-order valence-electron chi connectivity index (χ4n) is 2.33. The maximum absolute atomic E-state index is 12.2. The Morgan fingerprint density at radius 1 is 1.07 bits per heavy atom. The lowest BCUT2D eigenvalue weighted by Crippen LogP contribution is -2.33. The number of halogens is 3. The van der Waals surface area contributed by atoms with Crippen molar-refractivity contribution < 1.29 is 27.5 Å². The second-order valence-electron chi connectivity index (χ2n) is 5.42. The lowest BCUT2D eigenvalue weighted by atomic mass is 10.2. The van der Waals surface area contributed by atoms with Gasteiger partial charge in [-0.15, -0.1) is 13.2 Å². The van der Waals surface area contributed by atoms with Gasteiger partial charge >= 0.3 is 6.36 Å². The summed E-state index contributed by atoms with van der Waals surface area (Å²) in [4.78, 5) is 24.1. The van der Waals surface area contributed by atoms with Crippen molar-refractivity contribution in [1.82, 2.24) is 15.5 Å². The highest BCUT2D eigenvalue weighted by molar-refractivity contribution is 6.06. The Balaban J connectivity index is 1.54. The minimum atomic E-state index is -4.79. The molecule has 0 aliphatic carbocycles. The van der Waals surface area contributed by atoms with Gasteiger partial charge in [-0.25, -0.2) is 0 Å². The summed E-state index contributed by atoms with van der Waals surface area (Å²) in [5.41, 5.74) is 1.11. The minimum Gasteiger partial charge on any atom is -0.406 e. The first kappa shape index (κ1) is 18.2. The quantitative estimate of drug-likeness (QED) is 0.636. The molecule has 0 aliphatic heterocycles. The summed E-state index contributed by atoms with van der Waals surface area (Å²) in [6.45, 7) is -0.333. The van der Waals surface area contributed by atoms with E-state index in [0.717, 1.165) is 12.1 Å². The summed E-state index contributed by atoms with van der Waals surface area (Å²) < 4.78 is 40.0. The molecular formula is C17H13F3N4O3. The molecule has 0 fully saturated rings. The van der Waals surface area contributed by atoms with E-state index < -0.39 is 23.9 Å². The van der Waals surface area contributed by atoms with Gasteiger partial charge in [-0.1, -0.05) is 18.2 Å². The summed E-state index contributed by atoms with van der Waals surface area (Å²) in [6.07, 6.45) is -4.79. The minimum absolute atomic E-state index is 0.159. The summed E-state index contributed by atoms with van der Waals surface area (Å²) in [6, 6.07) is 11.7. The van der Waals surface area contributed by atoms with E-state index in [4.69, 9.17) is 0 Å². The number of rotatable bonds is 5. The molecule has 0 atom stereocenters. The van der Waals surface area contributed by atoms with Crippen LogP contribution in [-0.2, 0) is 4.79 Å². The Bertz CT molecular complexity index is 967. The van der Waals surface area contributed by atoms with Crippen LogP contribution in [0.2, 0.25) is 0 Å². The second kappa shape index (κ2) is 7.36. The van der Waals surface area contributed by atoms with Crippen LogP contribution in [0.25, 0.3) is 10.9 Å². The maximum atomic E-state index is 12.2. The lowest BCUT2D eigenvalue weighted by Gasteiger charge is -2.10. The molecular weight excluding hydrogens is 365 g/mol. The number of H-pyrrole nitrogens is 1. The van der Waals surface area contributed by atoms with E-state index in [9.17, 15) is 22.8 Å². The van der Waals surface area contributed by atoms with Crippen molar-refractivity contribution in [2.45, 2.75) is 6.36 Å². The number of para-hydroxylation sites is 1. The Labute approximate surface area is 150 Å². The summed E-state index contributed by atoms with van der Waals surface area (Å²) >= 11 is 0. The van der Waals surface area contributed by atoms with Crippen LogP contribution in [0.5, 0.6) is 5.75 Å². The van der Waals surface area contributed by atoms with Gasteiger partial charge in [0.25, 0.3) is 5.91 Å². The Morgan fingerprint density at radius 3 is 2.48 bits per heavy atom. The first-order valence-corrected chi connectivity index (χ1v) is 7.69. The van der Waals surface area contributed by atoms with Crippen molar-refractivity contribution in [3.8, 4) is 5.75 Å². The van der Waals surface area contributed by atoms with Crippen LogP contribution in [0, 0.1) is 0 Å². The van der Waals surface area contributed by atoms with E-state index in [2.05, 4.69) is 25.6 Å². The van der Waals surface area contributed by atoms with Gasteiger partial charge in [0.1, 0.15) is 5.75 Å². The third-order valence-corrected chi connectivity index (χ3v) is 3.47. The van der Waals surface area contributed by atoms with Crippen LogP contribution in [0.4, 0.5) is 18.9 Å². The monoisotopic (exact) mass is 378 g/mol. The fraction of sp³-hybridized carbons (Fsp3) is 0.118. The van der Waals surface area contributed by atoms with Crippen LogP contribution < -0.4 is 15.4 Å². The molecule has 27 heavy (non-hydrogen) atoms. The number of amides is 2. The number of hydrogen-bond donors (Lipinski definition) is 3. The van der Waals surface area contributed by atoms with Crippen molar-refractivity contribution in [2.75, 3.05) is 11.9 Å². The SMILES string of the molecule is O=C(CNC(=O)c1n[nH]c2ccccc12)Nc1ccc(OC(F)(F)F)cc1. The lowest BCUT2D eigenvalue weighted by molar-refractivity contribution is -0.274. The molecule has 0 saturated heterocycles. The Morgan fingerprint density at radius 2 is 1.78 bits per heavy atom. The molecule has 3 aromatic rings. The summed E-state index contributed by atoms with van der Waals surface area (Å²) in [5, 5.41) is 12.1. The van der Waals surface area contributed by atoms with Gasteiger partial charge in [0.15, 0.2) is 5.69 Å². The number of nitrogens with zero attached hydrogens (tertiary/aromatic N) is 1. The molecule has 2 amide bonds. The van der Waals surface area contributed by atoms with Gasteiger partial charge in [0.05, 0.1) is 12.1 Å². The van der Waals surface area contributed by atoms with Gasteiger partial charge in [0.2, 0.25) is 5.91 Å². The van der Waals surface area contributed by atoms with Gasteiger partial charge in [-0.05, 0) is 30.3 Å². The zero-order valence-electron chi connectivity index (χ0n) is 13.6. The molecule has 0 aliphatic rings. The zero-order valence-corrected chi connectivity index (χ0v) is 13.6. The first-order valence-electron chi connectivity index (χ1n) is 7.69. The maximum Gasteiger partial charge on any atom is 0.573 e. The molecule has 3 N–H and O–H groups in total. The third kappa shape index (κ3) is 4.75. The van der Waals surface area contributed by atoms with E-state index >= 15 is 0 Å². The molecule has 3 rings (SSSR count).